The molecule has 0 bridgehead atoms. The van der Waals surface area contributed by atoms with Gasteiger partial charge in [-0.3, -0.25) is 0 Å². The van der Waals surface area contributed by atoms with E-state index >= 15 is 0 Å². The molecule has 0 radical (unpaired) electrons. The molecule has 0 saturated heterocycles. The van der Waals surface area contributed by atoms with Crippen molar-refractivity contribution in [1.29, 1.82) is 0 Å². The van der Waals surface area contributed by atoms with E-state index in [1.165, 1.54) is 0 Å². The molecule has 0 aliphatic carbocycles. The zero-order valence-electron chi connectivity index (χ0n) is 2.62. The summed E-state index contributed by atoms with van der Waals surface area (Å²) in [5.74, 6) is 0. The zero-order valence-corrected chi connectivity index (χ0v) is 8.12. The van der Waals surface area contributed by atoms with Crippen LogP contribution in [0.5, 0.6) is 0 Å². The average Bonchev–Trinajstić information content (AvgIpc) is 0.918. The van der Waals surface area contributed by atoms with Gasteiger partial charge >= 0.3 is 26.2 Å². The fourth-order valence-electron chi connectivity index (χ4n) is 0. The second-order valence-electron chi connectivity index (χ2n) is 0.250. The van der Waals surface area contributed by atoms with Crippen LogP contribution in [0.25, 0.3) is 0 Å². The fraction of sp³-hybridized carbons (Fsp3) is 0. The van der Waals surface area contributed by atoms with Gasteiger partial charge in [-0.25, -0.2) is 0 Å². The van der Waals surface area contributed by atoms with Crippen molar-refractivity contribution in [1.82, 2.24) is 0 Å². The van der Waals surface area contributed by atoms with Crippen molar-refractivity contribution in [2.75, 3.05) is 0 Å². The van der Waals surface area contributed by atoms with E-state index in [4.69, 9.17) is 0 Å². The van der Waals surface area contributed by atoms with Gasteiger partial charge in [-0.2, -0.15) is 0 Å². The van der Waals surface area contributed by atoms with E-state index in [1.54, 1.807) is 0 Å². The first kappa shape index (κ1) is 17.9. The van der Waals surface area contributed by atoms with Gasteiger partial charge in [0.05, 0.1) is 8.41 Å². The first-order chi connectivity index (χ1) is 1.41. The molecule has 30 valence electrons. The molecule has 0 N–H and O–H groups in total. The molecule has 0 heterocycles. The standard InChI is InChI=1S/C3H4.BH3.Bi.3H/c1-3-2;;;;;/h1-2H2;1H3;;;;. The molecule has 0 atom stereocenters. The van der Waals surface area contributed by atoms with Gasteiger partial charge in [0, 0.05) is 0 Å². The Labute approximate surface area is 53.7 Å². The second kappa shape index (κ2) is 24.9. The van der Waals surface area contributed by atoms with Crippen LogP contribution in [0, 0.1) is 0 Å². The molecular weight excluding hydrogens is 256 g/mol. The summed E-state index contributed by atoms with van der Waals surface area (Å²) in [6, 6.07) is 0. The molecule has 0 aromatic carbocycles. The molecular formula is C3H10BBi. The van der Waals surface area contributed by atoms with Crippen molar-refractivity contribution >= 4 is 34.6 Å². The van der Waals surface area contributed by atoms with Gasteiger partial charge < -0.3 is 0 Å². The van der Waals surface area contributed by atoms with Crippen molar-refractivity contribution in [3.8, 4) is 0 Å². The molecule has 5 heavy (non-hydrogen) atoms. The van der Waals surface area contributed by atoms with Crippen molar-refractivity contribution < 1.29 is 0 Å². The van der Waals surface area contributed by atoms with Crippen LogP contribution < -0.4 is 0 Å². The molecule has 0 fully saturated rings. The summed E-state index contributed by atoms with van der Waals surface area (Å²) in [6.07, 6.45) is 0. The maximum atomic E-state index is 3.12. The Bertz CT molecular complexity index is 27.9. The van der Waals surface area contributed by atoms with Crippen LogP contribution in [-0.2, 0) is 0 Å². The number of hydrogen-bond acceptors (Lipinski definition) is 0. The van der Waals surface area contributed by atoms with Gasteiger partial charge in [0.1, 0.15) is 0 Å². The molecule has 0 aromatic heterocycles. The summed E-state index contributed by atoms with van der Waals surface area (Å²) in [5, 5.41) is 0. The Kier molecular flexibility index (Phi) is 89.4. The molecule has 0 aliphatic rings. The van der Waals surface area contributed by atoms with Crippen molar-refractivity contribution in [2.24, 2.45) is 0 Å². The third kappa shape index (κ3) is 124. The van der Waals surface area contributed by atoms with Crippen LogP contribution in [0.3, 0.4) is 0 Å². The minimum absolute atomic E-state index is 0. The van der Waals surface area contributed by atoms with E-state index in [9.17, 15) is 0 Å². The third-order valence-electron chi connectivity index (χ3n) is 0. The van der Waals surface area contributed by atoms with Crippen molar-refractivity contribution in [2.45, 2.75) is 0 Å². The van der Waals surface area contributed by atoms with E-state index in [0.717, 1.165) is 0 Å². The molecule has 0 amide bonds. The summed E-state index contributed by atoms with van der Waals surface area (Å²) in [4.78, 5) is 0. The van der Waals surface area contributed by atoms with Gasteiger partial charge in [0.15, 0.2) is 0 Å². The van der Waals surface area contributed by atoms with Crippen LogP contribution in [0.15, 0.2) is 18.9 Å². The molecule has 0 rings (SSSR count). The SMILES string of the molecule is B.C=C=C.[BiH3]. The molecule has 0 unspecified atom stereocenters. The second-order valence-corrected chi connectivity index (χ2v) is 0.250. The zero-order chi connectivity index (χ0) is 2.71. The predicted octanol–water partition coefficient (Wildman–Crippen LogP) is -1.41. The van der Waals surface area contributed by atoms with Gasteiger partial charge in [-0.1, -0.05) is 13.2 Å². The summed E-state index contributed by atoms with van der Waals surface area (Å²) in [5.41, 5.74) is 2.25. The quantitative estimate of drug-likeness (QED) is 0.373. The van der Waals surface area contributed by atoms with Crippen molar-refractivity contribution in [3.05, 3.63) is 18.9 Å². The van der Waals surface area contributed by atoms with E-state index in [1.807, 2.05) is 0 Å². The Morgan fingerprint density at radius 2 is 1.20 bits per heavy atom. The van der Waals surface area contributed by atoms with Crippen LogP contribution >= 0.6 is 0 Å². The maximum absolute atomic E-state index is 3.12. The van der Waals surface area contributed by atoms with E-state index in [0.29, 0.717) is 0 Å². The molecule has 0 saturated carbocycles. The number of hydrogen-bond donors (Lipinski definition) is 0. The van der Waals surface area contributed by atoms with E-state index in [-0.39, 0.29) is 34.6 Å². The monoisotopic (exact) mass is 266 g/mol. The molecule has 2 heteroatoms. The fourth-order valence-corrected chi connectivity index (χ4v) is 0. The Balaban J connectivity index is -0.0000000200. The Hall–Kier alpha value is 0.468. The predicted molar refractivity (Wildman–Crippen MR) is 34.6 cm³/mol. The van der Waals surface area contributed by atoms with Gasteiger partial charge in [-0.05, 0) is 0 Å². The third-order valence-corrected chi connectivity index (χ3v) is 0. The summed E-state index contributed by atoms with van der Waals surface area (Å²) >= 11 is 0. The van der Waals surface area contributed by atoms with E-state index < -0.39 is 0 Å². The average molecular weight is 266 g/mol. The summed E-state index contributed by atoms with van der Waals surface area (Å²) in [7, 11) is 0. The molecule has 0 spiro atoms. The van der Waals surface area contributed by atoms with Crippen LogP contribution in [0.1, 0.15) is 0 Å². The molecule has 0 nitrogen and oxygen atoms in total. The van der Waals surface area contributed by atoms with Gasteiger partial charge in [0.25, 0.3) is 0 Å². The van der Waals surface area contributed by atoms with Crippen molar-refractivity contribution in [3.63, 3.8) is 0 Å². The van der Waals surface area contributed by atoms with Gasteiger partial charge in [-0.15, -0.1) is 5.73 Å². The molecule has 0 aliphatic heterocycles. The first-order valence-electron chi connectivity index (χ1n) is 0.707. The summed E-state index contributed by atoms with van der Waals surface area (Å²) < 4.78 is 0. The van der Waals surface area contributed by atoms with Gasteiger partial charge in [0.2, 0.25) is 0 Å². The van der Waals surface area contributed by atoms with E-state index in [2.05, 4.69) is 18.9 Å². The summed E-state index contributed by atoms with van der Waals surface area (Å²) in [6.45, 7) is 6.25. The van der Waals surface area contributed by atoms with Crippen LogP contribution in [-0.4, -0.2) is 34.6 Å². The molecule has 0 aromatic rings. The number of rotatable bonds is 0. The normalized spacial score (nSPS) is 1.60. The minimum atomic E-state index is 0. The Morgan fingerprint density at radius 1 is 1.20 bits per heavy atom. The van der Waals surface area contributed by atoms with Crippen LogP contribution in [0.2, 0.25) is 0 Å². The topological polar surface area (TPSA) is 0 Å². The van der Waals surface area contributed by atoms with Crippen LogP contribution in [0.4, 0.5) is 0 Å². The Morgan fingerprint density at radius 3 is 1.20 bits per heavy atom. The first-order valence-corrected chi connectivity index (χ1v) is 0.707.